The number of nitrogens with one attached hydrogen (secondary N) is 2. The van der Waals surface area contributed by atoms with Crippen molar-refractivity contribution in [3.05, 3.63) is 22.3 Å². The molecule has 4 aliphatic rings. The minimum absolute atomic E-state index is 0.0791. The van der Waals surface area contributed by atoms with Gasteiger partial charge in [0.1, 0.15) is 22.3 Å². The van der Waals surface area contributed by atoms with Crippen molar-refractivity contribution in [1.82, 2.24) is 10.6 Å². The van der Waals surface area contributed by atoms with Crippen molar-refractivity contribution in [3.8, 4) is 0 Å². The van der Waals surface area contributed by atoms with Gasteiger partial charge < -0.3 is 20.1 Å². The summed E-state index contributed by atoms with van der Waals surface area (Å²) in [4.78, 5) is 50.0. The van der Waals surface area contributed by atoms with E-state index in [-0.39, 0.29) is 24.2 Å². The molecule has 0 aromatic carbocycles. The second kappa shape index (κ2) is 8.71. The van der Waals surface area contributed by atoms with E-state index >= 15 is 0 Å². The topological polar surface area (TPSA) is 111 Å². The molecule has 2 amide bonds. The number of hydrogen-bond acceptors (Lipinski definition) is 6. The third kappa shape index (κ3) is 3.84. The minimum Gasteiger partial charge on any atom is -0.451 e. The van der Waals surface area contributed by atoms with Crippen molar-refractivity contribution in [3.63, 3.8) is 0 Å². The van der Waals surface area contributed by atoms with E-state index in [4.69, 9.17) is 9.47 Å². The number of esters is 2. The third-order valence-corrected chi connectivity index (χ3v) is 7.57. The highest BCUT2D eigenvalue weighted by Crippen LogP contribution is 2.44. The van der Waals surface area contributed by atoms with Crippen LogP contribution in [-0.2, 0) is 28.7 Å². The first-order chi connectivity index (χ1) is 15.3. The van der Waals surface area contributed by atoms with Crippen LogP contribution < -0.4 is 10.6 Å². The minimum atomic E-state index is -0.627. The number of carbonyl (C=O) groups excluding carboxylic acids is 4. The Bertz CT molecular complexity index is 829. The molecule has 0 unspecified atom stereocenters. The smallest absolute Gasteiger partial charge is 0.344 e. The summed E-state index contributed by atoms with van der Waals surface area (Å²) in [6, 6.07) is 0. The first-order valence-electron chi connectivity index (χ1n) is 11.8. The van der Waals surface area contributed by atoms with E-state index in [1.807, 2.05) is 0 Å². The molecule has 0 saturated heterocycles. The molecular weight excluding hydrogens is 412 g/mol. The van der Waals surface area contributed by atoms with E-state index in [9.17, 15) is 19.2 Å². The molecule has 32 heavy (non-hydrogen) atoms. The van der Waals surface area contributed by atoms with Gasteiger partial charge in [-0.1, -0.05) is 12.8 Å². The molecule has 0 atom stereocenters. The van der Waals surface area contributed by atoms with Crippen LogP contribution in [0.1, 0.15) is 78.1 Å². The molecule has 2 saturated carbocycles. The summed E-state index contributed by atoms with van der Waals surface area (Å²) in [5, 5.41) is 5.38. The summed E-state index contributed by atoms with van der Waals surface area (Å²) in [7, 11) is 0. The van der Waals surface area contributed by atoms with Gasteiger partial charge in [0.2, 0.25) is 0 Å². The lowest BCUT2D eigenvalue weighted by Gasteiger charge is -2.33. The fourth-order valence-electron chi connectivity index (χ4n) is 5.63. The molecule has 0 aromatic heterocycles. The van der Waals surface area contributed by atoms with Gasteiger partial charge in [0.15, 0.2) is 0 Å². The maximum atomic E-state index is 12.6. The first kappa shape index (κ1) is 22.6. The maximum Gasteiger partial charge on any atom is 0.344 e. The molecule has 2 spiro atoms. The number of amides is 2. The Kier molecular flexibility index (Phi) is 6.14. The van der Waals surface area contributed by atoms with Crippen molar-refractivity contribution in [2.45, 2.75) is 89.3 Å². The van der Waals surface area contributed by atoms with Crippen LogP contribution in [0.25, 0.3) is 0 Å². The van der Waals surface area contributed by atoms with Crippen molar-refractivity contribution in [2.75, 3.05) is 13.1 Å². The van der Waals surface area contributed by atoms with E-state index in [1.54, 1.807) is 13.8 Å². The van der Waals surface area contributed by atoms with E-state index < -0.39 is 35.0 Å². The maximum absolute atomic E-state index is 12.6. The van der Waals surface area contributed by atoms with Gasteiger partial charge in [-0.2, -0.15) is 0 Å². The Morgan fingerprint density at radius 1 is 0.688 bits per heavy atom. The summed E-state index contributed by atoms with van der Waals surface area (Å²) in [6.07, 6.45) is 9.14. The summed E-state index contributed by atoms with van der Waals surface area (Å²) in [5.41, 5.74) is 0.314. The van der Waals surface area contributed by atoms with Crippen LogP contribution in [0.2, 0.25) is 0 Å². The summed E-state index contributed by atoms with van der Waals surface area (Å²) < 4.78 is 11.3. The van der Waals surface area contributed by atoms with Gasteiger partial charge in [-0.3, -0.25) is 9.59 Å². The summed E-state index contributed by atoms with van der Waals surface area (Å²) in [6.45, 7) is 3.87. The second-order valence-corrected chi connectivity index (χ2v) is 9.40. The lowest BCUT2D eigenvalue weighted by atomic mass is 9.79. The van der Waals surface area contributed by atoms with Crippen LogP contribution in [0.3, 0.4) is 0 Å². The van der Waals surface area contributed by atoms with Crippen LogP contribution in [0, 0.1) is 0 Å². The molecule has 2 heterocycles. The van der Waals surface area contributed by atoms with Gasteiger partial charge in [-0.25, -0.2) is 9.59 Å². The third-order valence-electron chi connectivity index (χ3n) is 7.57. The van der Waals surface area contributed by atoms with Gasteiger partial charge in [0, 0.05) is 13.1 Å². The lowest BCUT2D eigenvalue weighted by molar-refractivity contribution is -0.151. The van der Waals surface area contributed by atoms with Crippen LogP contribution >= 0.6 is 0 Å². The second-order valence-electron chi connectivity index (χ2n) is 9.40. The molecule has 8 heteroatoms. The quantitative estimate of drug-likeness (QED) is 0.383. The first-order valence-corrected chi connectivity index (χ1v) is 11.8. The average molecular weight is 445 g/mol. The Morgan fingerprint density at radius 3 is 1.38 bits per heavy atom. The fourth-order valence-corrected chi connectivity index (χ4v) is 5.63. The molecule has 2 fully saturated rings. The Labute approximate surface area is 188 Å². The number of ether oxygens (including phenoxy) is 2. The van der Waals surface area contributed by atoms with E-state index in [2.05, 4.69) is 10.6 Å². The summed E-state index contributed by atoms with van der Waals surface area (Å²) in [5.74, 6) is -2.11. The zero-order valence-corrected chi connectivity index (χ0v) is 18.9. The average Bonchev–Trinajstić information content (AvgIpc) is 3.15. The monoisotopic (exact) mass is 444 g/mol. The molecule has 2 aliphatic heterocycles. The van der Waals surface area contributed by atoms with E-state index in [1.165, 1.54) is 0 Å². The number of hydrogen-bond donors (Lipinski definition) is 2. The van der Waals surface area contributed by atoms with Gasteiger partial charge in [-0.15, -0.1) is 0 Å². The van der Waals surface area contributed by atoms with Crippen LogP contribution in [-0.4, -0.2) is 48.0 Å². The molecule has 2 N–H and O–H groups in total. The molecular formula is C24H32N2O6. The highest BCUT2D eigenvalue weighted by molar-refractivity contribution is 6.19. The van der Waals surface area contributed by atoms with Crippen molar-refractivity contribution in [2.24, 2.45) is 0 Å². The van der Waals surface area contributed by atoms with Crippen molar-refractivity contribution in [1.29, 1.82) is 0 Å². The predicted octanol–water partition coefficient (Wildman–Crippen LogP) is 2.37. The van der Waals surface area contributed by atoms with Gasteiger partial charge in [-0.05, 0) is 76.4 Å². The van der Waals surface area contributed by atoms with Crippen molar-refractivity contribution < 1.29 is 28.7 Å². The Hall–Kier alpha value is -2.64. The zero-order chi connectivity index (χ0) is 22.9. The Balaban J connectivity index is 1.32. The molecule has 4 rings (SSSR count). The van der Waals surface area contributed by atoms with Gasteiger partial charge in [0.05, 0.1) is 0 Å². The molecule has 2 aliphatic carbocycles. The van der Waals surface area contributed by atoms with Crippen LogP contribution in [0.5, 0.6) is 0 Å². The lowest BCUT2D eigenvalue weighted by Crippen LogP contribution is -2.37. The van der Waals surface area contributed by atoms with E-state index in [0.29, 0.717) is 11.1 Å². The molecule has 0 bridgehead atoms. The van der Waals surface area contributed by atoms with Gasteiger partial charge >= 0.3 is 11.9 Å². The van der Waals surface area contributed by atoms with Crippen LogP contribution in [0.15, 0.2) is 22.3 Å². The molecule has 0 radical (unpaired) electrons. The number of rotatable bonds is 5. The summed E-state index contributed by atoms with van der Waals surface area (Å²) >= 11 is 0. The highest BCUT2D eigenvalue weighted by atomic mass is 16.6. The SMILES string of the molecule is CC1=C(C(=O)NCCNC(=O)C2=C(C)C3(CCCCC3)OC2=O)C(=O)OC12CCCCC2. The molecule has 8 nitrogen and oxygen atoms in total. The molecule has 0 aromatic rings. The van der Waals surface area contributed by atoms with Crippen LogP contribution in [0.4, 0.5) is 0 Å². The fraction of sp³-hybridized carbons (Fsp3) is 0.667. The largest absolute Gasteiger partial charge is 0.451 e. The van der Waals surface area contributed by atoms with E-state index in [0.717, 1.165) is 64.2 Å². The van der Waals surface area contributed by atoms with Gasteiger partial charge in [0.25, 0.3) is 11.8 Å². The van der Waals surface area contributed by atoms with Crippen molar-refractivity contribution >= 4 is 23.8 Å². The standard InChI is InChI=1S/C24H32N2O6/c1-15-17(21(29)31-23(15)9-5-3-6-10-23)19(27)25-13-14-26-20(28)18-16(2)24(32-22(18)30)11-7-4-8-12-24/h3-14H2,1-2H3,(H,25,27)(H,26,28). The normalized spacial score (nSPS) is 24.1. The zero-order valence-electron chi connectivity index (χ0n) is 18.9. The number of carbonyl (C=O) groups is 4. The Morgan fingerprint density at radius 2 is 1.03 bits per heavy atom. The highest BCUT2D eigenvalue weighted by Gasteiger charge is 2.49. The predicted molar refractivity (Wildman–Crippen MR) is 115 cm³/mol. The molecule has 174 valence electrons.